The van der Waals surface area contributed by atoms with E-state index in [9.17, 15) is 35.9 Å². The van der Waals surface area contributed by atoms with Crippen molar-refractivity contribution >= 4 is 28.1 Å². The van der Waals surface area contributed by atoms with Crippen LogP contribution in [0.3, 0.4) is 0 Å². The Balaban J connectivity index is 1.52. The van der Waals surface area contributed by atoms with Crippen molar-refractivity contribution in [2.24, 2.45) is 0 Å². The number of anilines is 1. The SMILES string of the molecule is O=c1[nH]ncc(NC(CCCn2ccc3cc(-c4ncc(Cl)cn4)c(F)cc3c2=O)COC(F)F)c1C(F)(F)F. The molecule has 0 radical (unpaired) electrons. The maximum atomic E-state index is 14.8. The molecule has 0 bridgehead atoms. The fourth-order valence-corrected chi connectivity index (χ4v) is 4.11. The number of aromatic nitrogens is 5. The number of fused-ring (bicyclic) bond motifs is 1. The number of nitrogens with one attached hydrogen (secondary N) is 2. The van der Waals surface area contributed by atoms with Crippen molar-refractivity contribution in [3.63, 3.8) is 0 Å². The van der Waals surface area contributed by atoms with E-state index in [2.05, 4.69) is 25.1 Å². The number of aryl methyl sites for hydroxylation is 1. The molecule has 0 fully saturated rings. The second-order valence-electron chi connectivity index (χ2n) is 8.52. The molecule has 40 heavy (non-hydrogen) atoms. The summed E-state index contributed by atoms with van der Waals surface area (Å²) in [6.45, 7) is -3.87. The predicted octanol–water partition coefficient (Wildman–Crippen LogP) is 4.85. The zero-order valence-electron chi connectivity index (χ0n) is 20.2. The van der Waals surface area contributed by atoms with Crippen molar-refractivity contribution in [1.29, 1.82) is 0 Å². The third-order valence-electron chi connectivity index (χ3n) is 5.80. The van der Waals surface area contributed by atoms with Gasteiger partial charge in [-0.05, 0) is 36.4 Å². The van der Waals surface area contributed by atoms with Crippen molar-refractivity contribution in [2.75, 3.05) is 11.9 Å². The normalized spacial score (nSPS) is 12.7. The van der Waals surface area contributed by atoms with Gasteiger partial charge in [0.2, 0.25) is 0 Å². The van der Waals surface area contributed by atoms with E-state index >= 15 is 0 Å². The summed E-state index contributed by atoms with van der Waals surface area (Å²) in [5.41, 5.74) is -4.28. The molecule has 0 spiro atoms. The lowest BCUT2D eigenvalue weighted by Gasteiger charge is -2.22. The number of H-pyrrole nitrogens is 1. The summed E-state index contributed by atoms with van der Waals surface area (Å²) in [5, 5.41) is 8.13. The number of halogens is 7. The van der Waals surface area contributed by atoms with Crippen molar-refractivity contribution < 1.29 is 31.1 Å². The Morgan fingerprint density at radius 3 is 2.52 bits per heavy atom. The van der Waals surface area contributed by atoms with Crippen LogP contribution < -0.4 is 16.4 Å². The quantitative estimate of drug-likeness (QED) is 0.255. The van der Waals surface area contributed by atoms with E-state index in [-0.39, 0.29) is 41.2 Å². The molecular weight excluding hydrogens is 570 g/mol. The molecule has 1 unspecified atom stereocenters. The number of nitrogens with zero attached hydrogens (tertiary/aromatic N) is 4. The molecule has 4 rings (SSSR count). The van der Waals surface area contributed by atoms with Crippen LogP contribution in [0, 0.1) is 5.82 Å². The summed E-state index contributed by atoms with van der Waals surface area (Å²) in [7, 11) is 0. The van der Waals surface area contributed by atoms with Gasteiger partial charge in [-0.15, -0.1) is 0 Å². The number of hydrogen-bond acceptors (Lipinski definition) is 7. The Labute approximate surface area is 225 Å². The fourth-order valence-electron chi connectivity index (χ4n) is 4.01. The van der Waals surface area contributed by atoms with E-state index in [4.69, 9.17) is 11.6 Å². The summed E-state index contributed by atoms with van der Waals surface area (Å²) < 4.78 is 85.8. The van der Waals surface area contributed by atoms with Crippen LogP contribution in [-0.2, 0) is 17.5 Å². The monoisotopic (exact) mass is 588 g/mol. The molecule has 16 heteroatoms. The minimum Gasteiger partial charge on any atom is -0.378 e. The fraction of sp³-hybridized carbons (Fsp3) is 0.292. The number of alkyl halides is 5. The molecule has 9 nitrogen and oxygen atoms in total. The van der Waals surface area contributed by atoms with Gasteiger partial charge in [0, 0.05) is 31.2 Å². The molecule has 0 aliphatic carbocycles. The molecule has 0 aliphatic heterocycles. The number of ether oxygens (including phenoxy) is 1. The maximum Gasteiger partial charge on any atom is 0.423 e. The van der Waals surface area contributed by atoms with E-state index in [1.165, 1.54) is 29.2 Å². The van der Waals surface area contributed by atoms with E-state index in [0.29, 0.717) is 11.6 Å². The van der Waals surface area contributed by atoms with Gasteiger partial charge in [-0.2, -0.15) is 27.1 Å². The van der Waals surface area contributed by atoms with Gasteiger partial charge in [0.25, 0.3) is 11.1 Å². The maximum absolute atomic E-state index is 14.8. The molecule has 2 N–H and O–H groups in total. The Hall–Kier alpha value is -3.98. The largest absolute Gasteiger partial charge is 0.423 e. The topological polar surface area (TPSA) is 115 Å². The summed E-state index contributed by atoms with van der Waals surface area (Å²) in [6, 6.07) is 2.91. The van der Waals surface area contributed by atoms with Crippen LogP contribution in [0.5, 0.6) is 0 Å². The zero-order chi connectivity index (χ0) is 29.0. The molecule has 212 valence electrons. The standard InChI is InChI=1S/C24H19ClF6N6O3/c25-13-8-32-20(33-9-13)16-6-12-3-5-37(22(39)15(12)7-17(16)26)4-1-2-14(11-40-23(27)28)35-18-10-34-36-21(38)19(18)24(29,30)31/h3,5-10,14,23H,1-2,4,11H2,(H2,35,36,38). The van der Waals surface area contributed by atoms with E-state index in [1.54, 1.807) is 11.2 Å². The first-order chi connectivity index (χ1) is 18.9. The highest BCUT2D eigenvalue weighted by molar-refractivity contribution is 6.30. The first kappa shape index (κ1) is 29.0. The Bertz CT molecular complexity index is 1610. The van der Waals surface area contributed by atoms with Gasteiger partial charge in [0.15, 0.2) is 5.82 Å². The van der Waals surface area contributed by atoms with Gasteiger partial charge in [0.05, 0.1) is 34.5 Å². The van der Waals surface area contributed by atoms with Crippen LogP contribution in [0.25, 0.3) is 22.2 Å². The second-order valence-corrected chi connectivity index (χ2v) is 8.96. The number of benzene rings is 1. The highest BCUT2D eigenvalue weighted by Crippen LogP contribution is 2.32. The predicted molar refractivity (Wildman–Crippen MR) is 133 cm³/mol. The van der Waals surface area contributed by atoms with Gasteiger partial charge < -0.3 is 14.6 Å². The Kier molecular flexibility index (Phi) is 8.73. The first-order valence-corrected chi connectivity index (χ1v) is 11.9. The molecule has 0 aliphatic rings. The number of pyridine rings is 1. The van der Waals surface area contributed by atoms with E-state index < -0.39 is 53.6 Å². The summed E-state index contributed by atoms with van der Waals surface area (Å²) in [5.74, 6) is -0.674. The van der Waals surface area contributed by atoms with Gasteiger partial charge >= 0.3 is 12.8 Å². The van der Waals surface area contributed by atoms with Gasteiger partial charge in [0.1, 0.15) is 11.4 Å². The highest BCUT2D eigenvalue weighted by atomic mass is 35.5. The molecule has 0 saturated heterocycles. The lowest BCUT2D eigenvalue weighted by molar-refractivity contribution is -0.138. The Morgan fingerprint density at radius 1 is 1.12 bits per heavy atom. The van der Waals surface area contributed by atoms with Gasteiger partial charge in [-0.1, -0.05) is 11.6 Å². The number of aromatic amines is 1. The molecule has 0 amide bonds. The smallest absolute Gasteiger partial charge is 0.378 e. The van der Waals surface area contributed by atoms with E-state index in [0.717, 1.165) is 6.07 Å². The summed E-state index contributed by atoms with van der Waals surface area (Å²) in [4.78, 5) is 32.7. The minimum absolute atomic E-state index is 0.0189. The zero-order valence-corrected chi connectivity index (χ0v) is 20.9. The van der Waals surface area contributed by atoms with Crippen LogP contribution in [-0.4, -0.2) is 44.0 Å². The van der Waals surface area contributed by atoms with Crippen molar-refractivity contribution in [2.45, 2.75) is 38.2 Å². The first-order valence-electron chi connectivity index (χ1n) is 11.6. The third-order valence-corrected chi connectivity index (χ3v) is 6.00. The van der Waals surface area contributed by atoms with E-state index in [1.807, 2.05) is 0 Å². The average Bonchev–Trinajstić information content (AvgIpc) is 2.88. The van der Waals surface area contributed by atoms with Crippen LogP contribution in [0.4, 0.5) is 32.0 Å². The second kappa shape index (κ2) is 12.0. The number of hydrogen-bond donors (Lipinski definition) is 2. The third kappa shape index (κ3) is 6.77. The molecule has 0 saturated carbocycles. The molecule has 4 aromatic rings. The van der Waals surface area contributed by atoms with Crippen LogP contribution in [0.2, 0.25) is 5.02 Å². The number of rotatable bonds is 10. The summed E-state index contributed by atoms with van der Waals surface area (Å²) in [6.07, 6.45) is -0.205. The molecule has 3 heterocycles. The van der Waals surface area contributed by atoms with Crippen LogP contribution in [0.15, 0.2) is 52.6 Å². The summed E-state index contributed by atoms with van der Waals surface area (Å²) >= 11 is 5.77. The lowest BCUT2D eigenvalue weighted by Crippen LogP contribution is -2.32. The Morgan fingerprint density at radius 2 is 1.85 bits per heavy atom. The average molecular weight is 589 g/mol. The van der Waals surface area contributed by atoms with Crippen LogP contribution >= 0.6 is 11.6 Å². The minimum atomic E-state index is -5.04. The van der Waals surface area contributed by atoms with Gasteiger partial charge in [-0.25, -0.2) is 19.5 Å². The van der Waals surface area contributed by atoms with Crippen molar-refractivity contribution in [1.82, 2.24) is 24.7 Å². The lowest BCUT2D eigenvalue weighted by atomic mass is 10.1. The molecule has 3 aromatic heterocycles. The molecule has 1 atom stereocenters. The van der Waals surface area contributed by atoms with Crippen molar-refractivity contribution in [3.05, 3.63) is 80.1 Å². The van der Waals surface area contributed by atoms with Crippen LogP contribution in [0.1, 0.15) is 18.4 Å². The molecule has 1 aromatic carbocycles. The van der Waals surface area contributed by atoms with Gasteiger partial charge in [-0.3, -0.25) is 9.59 Å². The highest BCUT2D eigenvalue weighted by Gasteiger charge is 2.37. The molecular formula is C24H19ClF6N6O3. The van der Waals surface area contributed by atoms with Crippen molar-refractivity contribution in [3.8, 4) is 11.4 Å².